The molecular formula is C5H8N2Se2. The van der Waals surface area contributed by atoms with E-state index in [4.69, 9.17) is 5.26 Å². The van der Waals surface area contributed by atoms with E-state index in [0.29, 0.717) is 20.3 Å². The molecule has 0 fully saturated rings. The molecule has 0 aliphatic carbocycles. The molecular weight excluding hydrogens is 246 g/mol. The second-order valence-electron chi connectivity index (χ2n) is 1.61. The molecule has 50 valence electrons. The molecule has 0 saturated carbocycles. The summed E-state index contributed by atoms with van der Waals surface area (Å²) in [6, 6.07) is 2.11. The molecule has 0 heterocycles. The van der Waals surface area contributed by atoms with Crippen LogP contribution < -0.4 is 0 Å². The first-order valence-corrected chi connectivity index (χ1v) is 5.32. The fourth-order valence-corrected chi connectivity index (χ4v) is 1.80. The molecule has 0 aromatic rings. The zero-order valence-electron chi connectivity index (χ0n) is 5.42. The molecule has 0 aromatic heterocycles. The summed E-state index contributed by atoms with van der Waals surface area (Å²) in [5, 5.41) is 8.88. The Bertz CT molecular complexity index is 136. The van der Waals surface area contributed by atoms with E-state index < -0.39 is 0 Å². The van der Waals surface area contributed by atoms with E-state index in [1.54, 1.807) is 0 Å². The van der Waals surface area contributed by atoms with Crippen LogP contribution in [0.15, 0.2) is 0 Å². The SMILES string of the molecule is CN(C)C(=[Se])[Se]CC#N. The molecule has 0 saturated heterocycles. The van der Waals surface area contributed by atoms with Crippen molar-refractivity contribution in [3.05, 3.63) is 0 Å². The Labute approximate surface area is 69.7 Å². The summed E-state index contributed by atoms with van der Waals surface area (Å²) in [5.41, 5.74) is 0. The van der Waals surface area contributed by atoms with Crippen molar-refractivity contribution in [1.82, 2.24) is 4.90 Å². The third-order valence-electron chi connectivity index (χ3n) is 0.625. The number of nitrogens with zero attached hydrogens (tertiary/aromatic N) is 2. The summed E-state index contributed by atoms with van der Waals surface area (Å²) in [4.78, 5) is 2.01. The van der Waals surface area contributed by atoms with E-state index in [1.165, 1.54) is 3.44 Å². The van der Waals surface area contributed by atoms with E-state index in [-0.39, 0.29) is 0 Å². The Hall–Kier alpha value is 0.199. The van der Waals surface area contributed by atoms with Gasteiger partial charge in [0.05, 0.1) is 0 Å². The van der Waals surface area contributed by atoms with E-state index in [1.807, 2.05) is 19.0 Å². The maximum absolute atomic E-state index is 8.22. The second kappa shape index (κ2) is 5.02. The first-order valence-electron chi connectivity index (χ1n) is 2.39. The summed E-state index contributed by atoms with van der Waals surface area (Å²) < 4.78 is 1.20. The Kier molecular flexibility index (Phi) is 5.13. The molecule has 0 atom stereocenters. The van der Waals surface area contributed by atoms with Gasteiger partial charge in [-0.2, -0.15) is 0 Å². The van der Waals surface area contributed by atoms with Crippen LogP contribution in [0.25, 0.3) is 0 Å². The molecule has 2 nitrogen and oxygen atoms in total. The van der Waals surface area contributed by atoms with Crippen molar-refractivity contribution in [2.24, 2.45) is 0 Å². The van der Waals surface area contributed by atoms with Crippen molar-refractivity contribution < 1.29 is 0 Å². The van der Waals surface area contributed by atoms with Gasteiger partial charge in [0.1, 0.15) is 0 Å². The third-order valence-corrected chi connectivity index (χ3v) is 4.53. The Balaban J connectivity index is 3.42. The van der Waals surface area contributed by atoms with Crippen LogP contribution in [0, 0.1) is 11.3 Å². The van der Waals surface area contributed by atoms with Crippen LogP contribution in [0.2, 0.25) is 5.32 Å². The summed E-state index contributed by atoms with van der Waals surface area (Å²) in [6.07, 6.45) is 0. The predicted molar refractivity (Wildman–Crippen MR) is 40.6 cm³/mol. The Morgan fingerprint density at radius 1 is 1.78 bits per heavy atom. The zero-order chi connectivity index (χ0) is 7.28. The van der Waals surface area contributed by atoms with Crippen molar-refractivity contribution in [2.75, 3.05) is 14.1 Å². The molecule has 0 rings (SSSR count). The third kappa shape index (κ3) is 4.69. The van der Waals surface area contributed by atoms with Gasteiger partial charge in [-0.25, -0.2) is 0 Å². The van der Waals surface area contributed by atoms with Crippen LogP contribution >= 0.6 is 0 Å². The summed E-state index contributed by atoms with van der Waals surface area (Å²) in [6.45, 7) is 0. The van der Waals surface area contributed by atoms with Crippen molar-refractivity contribution in [3.8, 4) is 6.07 Å². The Morgan fingerprint density at radius 3 is 2.67 bits per heavy atom. The minimum atomic E-state index is 0.332. The number of rotatable bonds is 3. The topological polar surface area (TPSA) is 27.0 Å². The van der Waals surface area contributed by atoms with Gasteiger partial charge in [-0.1, -0.05) is 0 Å². The second-order valence-corrected chi connectivity index (χ2v) is 5.75. The van der Waals surface area contributed by atoms with Gasteiger partial charge in [-0.3, -0.25) is 0 Å². The van der Waals surface area contributed by atoms with E-state index >= 15 is 0 Å². The molecule has 0 aliphatic rings. The fraction of sp³-hybridized carbons (Fsp3) is 0.600. The van der Waals surface area contributed by atoms with Gasteiger partial charge in [0, 0.05) is 0 Å². The van der Waals surface area contributed by atoms with E-state index in [0.717, 1.165) is 0 Å². The van der Waals surface area contributed by atoms with Crippen LogP contribution in [0.5, 0.6) is 0 Å². The molecule has 0 spiro atoms. The number of nitriles is 1. The first-order chi connectivity index (χ1) is 4.18. The summed E-state index contributed by atoms with van der Waals surface area (Å²) >= 11 is 3.26. The molecule has 0 amide bonds. The van der Waals surface area contributed by atoms with Crippen LogP contribution in [0.4, 0.5) is 0 Å². The molecule has 4 heteroatoms. The number of hydrogen-bond acceptors (Lipinski definition) is 2. The van der Waals surface area contributed by atoms with Gasteiger partial charge >= 0.3 is 69.6 Å². The van der Waals surface area contributed by atoms with Gasteiger partial charge in [0.25, 0.3) is 0 Å². The molecule has 0 unspecified atom stereocenters. The molecule has 9 heavy (non-hydrogen) atoms. The van der Waals surface area contributed by atoms with Gasteiger partial charge in [0.2, 0.25) is 0 Å². The monoisotopic (exact) mass is 256 g/mol. The van der Waals surface area contributed by atoms with Crippen LogP contribution in [-0.2, 0) is 0 Å². The predicted octanol–water partition coefficient (Wildman–Crippen LogP) is -0.550. The molecule has 0 N–H and O–H groups in total. The average molecular weight is 254 g/mol. The van der Waals surface area contributed by atoms with Crippen LogP contribution in [0.3, 0.4) is 0 Å². The van der Waals surface area contributed by atoms with Gasteiger partial charge in [-0.05, 0) is 0 Å². The zero-order valence-corrected chi connectivity index (χ0v) is 8.84. The molecule has 0 radical (unpaired) electrons. The maximum atomic E-state index is 8.22. The van der Waals surface area contributed by atoms with Gasteiger partial charge in [-0.15, -0.1) is 0 Å². The van der Waals surface area contributed by atoms with Crippen LogP contribution in [-0.4, -0.2) is 53.0 Å². The fourth-order valence-electron chi connectivity index (χ4n) is 0.223. The van der Waals surface area contributed by atoms with E-state index in [2.05, 4.69) is 21.6 Å². The molecule has 0 bridgehead atoms. The van der Waals surface area contributed by atoms with E-state index in [9.17, 15) is 0 Å². The standard InChI is InChI=1S/C5H8N2Se2/c1-7(2)5(8)9-4-3-6/h4H2,1-2H3. The van der Waals surface area contributed by atoms with Crippen molar-refractivity contribution in [2.45, 2.75) is 5.32 Å². The van der Waals surface area contributed by atoms with Crippen molar-refractivity contribution >= 4 is 34.0 Å². The van der Waals surface area contributed by atoms with Crippen molar-refractivity contribution in [1.29, 1.82) is 5.26 Å². The quantitative estimate of drug-likeness (QED) is 0.632. The first kappa shape index (κ1) is 9.20. The van der Waals surface area contributed by atoms with Crippen LogP contribution in [0.1, 0.15) is 0 Å². The minimum absolute atomic E-state index is 0.332. The number of hydrogen-bond donors (Lipinski definition) is 0. The average Bonchev–Trinajstić information content (AvgIpc) is 1.82. The molecule has 0 aromatic carbocycles. The van der Waals surface area contributed by atoms with Gasteiger partial charge < -0.3 is 0 Å². The van der Waals surface area contributed by atoms with Gasteiger partial charge in [0.15, 0.2) is 0 Å². The Morgan fingerprint density at radius 2 is 2.33 bits per heavy atom. The normalized spacial score (nSPS) is 8.11. The summed E-state index contributed by atoms with van der Waals surface area (Å²) in [7, 11) is 3.95. The molecule has 0 aliphatic heterocycles. The summed E-state index contributed by atoms with van der Waals surface area (Å²) in [5.74, 6) is 0. The van der Waals surface area contributed by atoms with Crippen molar-refractivity contribution in [3.63, 3.8) is 0 Å².